The molecule has 2 fully saturated rings. The summed E-state index contributed by atoms with van der Waals surface area (Å²) >= 11 is 0. The van der Waals surface area contributed by atoms with Crippen LogP contribution in [-0.4, -0.2) is 24.0 Å². The van der Waals surface area contributed by atoms with E-state index in [4.69, 9.17) is 5.73 Å². The average molecular weight is 284 g/mol. The first kappa shape index (κ1) is 13.9. The van der Waals surface area contributed by atoms with Gasteiger partial charge in [-0.25, -0.2) is 0 Å². The van der Waals surface area contributed by atoms with Crippen LogP contribution in [-0.2, 0) is 6.18 Å². The zero-order chi connectivity index (χ0) is 14.3. The van der Waals surface area contributed by atoms with Crippen molar-refractivity contribution in [3.63, 3.8) is 0 Å². The molecule has 1 saturated carbocycles. The highest BCUT2D eigenvalue weighted by Gasteiger charge is 2.41. The fourth-order valence-corrected chi connectivity index (χ4v) is 3.70. The molecule has 1 heterocycles. The van der Waals surface area contributed by atoms with Gasteiger partial charge in [-0.2, -0.15) is 13.2 Å². The molecule has 3 rings (SSSR count). The SMILES string of the molecule is NCC(c1ccc(C(F)(F)F)cc1)N1CC2CCC1C2. The van der Waals surface area contributed by atoms with Crippen LogP contribution in [0, 0.1) is 5.92 Å². The van der Waals surface area contributed by atoms with Crippen molar-refractivity contribution in [1.82, 2.24) is 4.90 Å². The molecule has 1 aromatic rings. The van der Waals surface area contributed by atoms with Gasteiger partial charge in [0.2, 0.25) is 0 Å². The van der Waals surface area contributed by atoms with Gasteiger partial charge in [-0.1, -0.05) is 12.1 Å². The molecular formula is C15H19F3N2. The molecule has 1 saturated heterocycles. The van der Waals surface area contributed by atoms with E-state index in [1.165, 1.54) is 19.3 Å². The lowest BCUT2D eigenvalue weighted by atomic mass is 10.0. The second-order valence-electron chi connectivity index (χ2n) is 5.90. The molecule has 2 nitrogen and oxygen atoms in total. The molecule has 2 aliphatic rings. The van der Waals surface area contributed by atoms with Gasteiger partial charge >= 0.3 is 6.18 Å². The minimum Gasteiger partial charge on any atom is -0.329 e. The third-order valence-corrected chi connectivity index (χ3v) is 4.70. The Labute approximate surface area is 116 Å². The number of hydrogen-bond acceptors (Lipinski definition) is 2. The van der Waals surface area contributed by atoms with Crippen molar-refractivity contribution in [2.75, 3.05) is 13.1 Å². The summed E-state index contributed by atoms with van der Waals surface area (Å²) < 4.78 is 37.8. The molecule has 20 heavy (non-hydrogen) atoms. The van der Waals surface area contributed by atoms with Crippen molar-refractivity contribution >= 4 is 0 Å². The van der Waals surface area contributed by atoms with Crippen molar-refractivity contribution in [3.8, 4) is 0 Å². The number of alkyl halides is 3. The molecule has 110 valence electrons. The van der Waals surface area contributed by atoms with E-state index in [0.717, 1.165) is 30.2 Å². The summed E-state index contributed by atoms with van der Waals surface area (Å²) in [6, 6.07) is 6.08. The molecule has 2 bridgehead atoms. The van der Waals surface area contributed by atoms with Crippen LogP contribution in [0.15, 0.2) is 24.3 Å². The molecule has 0 aromatic heterocycles. The lowest BCUT2D eigenvalue weighted by Gasteiger charge is -2.34. The van der Waals surface area contributed by atoms with Crippen LogP contribution in [0.5, 0.6) is 0 Å². The van der Waals surface area contributed by atoms with Crippen LogP contribution in [0.2, 0.25) is 0 Å². The Morgan fingerprint density at radius 2 is 1.90 bits per heavy atom. The molecule has 0 radical (unpaired) electrons. The molecule has 3 unspecified atom stereocenters. The van der Waals surface area contributed by atoms with Crippen LogP contribution in [0.25, 0.3) is 0 Å². The Bertz CT molecular complexity index is 469. The van der Waals surface area contributed by atoms with Gasteiger partial charge in [-0.3, -0.25) is 4.90 Å². The molecule has 1 aliphatic heterocycles. The van der Waals surface area contributed by atoms with Gasteiger partial charge in [-0.15, -0.1) is 0 Å². The summed E-state index contributed by atoms with van der Waals surface area (Å²) in [5, 5.41) is 0. The first-order valence-corrected chi connectivity index (χ1v) is 7.12. The average Bonchev–Trinajstić information content (AvgIpc) is 3.02. The summed E-state index contributed by atoms with van der Waals surface area (Å²) in [6.45, 7) is 1.49. The van der Waals surface area contributed by atoms with E-state index in [9.17, 15) is 13.2 Å². The fraction of sp³-hybridized carbons (Fsp3) is 0.600. The van der Waals surface area contributed by atoms with Gasteiger partial charge in [0.05, 0.1) is 5.56 Å². The Morgan fingerprint density at radius 3 is 2.35 bits per heavy atom. The molecule has 0 spiro atoms. The number of rotatable bonds is 3. The van der Waals surface area contributed by atoms with Crippen molar-refractivity contribution < 1.29 is 13.2 Å². The van der Waals surface area contributed by atoms with Crippen molar-refractivity contribution in [2.45, 2.75) is 37.5 Å². The van der Waals surface area contributed by atoms with Crippen LogP contribution in [0.3, 0.4) is 0 Å². The number of halogens is 3. The van der Waals surface area contributed by atoms with E-state index in [-0.39, 0.29) is 6.04 Å². The number of likely N-dealkylation sites (tertiary alicyclic amines) is 1. The van der Waals surface area contributed by atoms with E-state index in [1.54, 1.807) is 12.1 Å². The largest absolute Gasteiger partial charge is 0.416 e. The van der Waals surface area contributed by atoms with E-state index in [1.807, 2.05) is 0 Å². The van der Waals surface area contributed by atoms with Crippen LogP contribution < -0.4 is 5.73 Å². The van der Waals surface area contributed by atoms with E-state index < -0.39 is 11.7 Å². The Morgan fingerprint density at radius 1 is 1.20 bits per heavy atom. The number of nitrogens with two attached hydrogens (primary N) is 1. The highest BCUT2D eigenvalue weighted by atomic mass is 19.4. The van der Waals surface area contributed by atoms with Gasteiger partial charge in [0, 0.05) is 25.2 Å². The number of benzene rings is 1. The number of nitrogens with zero attached hydrogens (tertiary/aromatic N) is 1. The molecule has 1 aliphatic carbocycles. The monoisotopic (exact) mass is 284 g/mol. The lowest BCUT2D eigenvalue weighted by molar-refractivity contribution is -0.137. The number of hydrogen-bond donors (Lipinski definition) is 1. The second-order valence-corrected chi connectivity index (χ2v) is 5.90. The van der Waals surface area contributed by atoms with E-state index in [2.05, 4.69) is 4.90 Å². The van der Waals surface area contributed by atoms with Crippen molar-refractivity contribution in [3.05, 3.63) is 35.4 Å². The van der Waals surface area contributed by atoms with Crippen LogP contribution in [0.4, 0.5) is 13.2 Å². The zero-order valence-electron chi connectivity index (χ0n) is 11.2. The molecule has 5 heteroatoms. The number of fused-ring (bicyclic) bond motifs is 2. The second kappa shape index (κ2) is 5.04. The smallest absolute Gasteiger partial charge is 0.329 e. The van der Waals surface area contributed by atoms with Gasteiger partial charge in [-0.05, 0) is 42.9 Å². The first-order chi connectivity index (χ1) is 9.49. The summed E-state index contributed by atoms with van der Waals surface area (Å²) in [5.41, 5.74) is 6.18. The maximum Gasteiger partial charge on any atom is 0.416 e. The molecular weight excluding hydrogens is 265 g/mol. The van der Waals surface area contributed by atoms with Crippen LogP contribution >= 0.6 is 0 Å². The van der Waals surface area contributed by atoms with Gasteiger partial charge in [0.15, 0.2) is 0 Å². The van der Waals surface area contributed by atoms with Crippen molar-refractivity contribution in [2.24, 2.45) is 11.7 Å². The third kappa shape index (κ3) is 2.44. The Kier molecular flexibility index (Phi) is 3.50. The lowest BCUT2D eigenvalue weighted by Crippen LogP contribution is -2.39. The Hall–Kier alpha value is -1.07. The highest BCUT2D eigenvalue weighted by Crippen LogP contribution is 2.42. The summed E-state index contributed by atoms with van der Waals surface area (Å²) in [4.78, 5) is 2.39. The predicted octanol–water partition coefficient (Wildman–Crippen LogP) is 3.19. The summed E-state index contributed by atoms with van der Waals surface area (Å²) in [6.07, 6.45) is -0.576. The van der Waals surface area contributed by atoms with Gasteiger partial charge in [0.25, 0.3) is 0 Å². The highest BCUT2D eigenvalue weighted by molar-refractivity contribution is 5.27. The van der Waals surface area contributed by atoms with Crippen LogP contribution in [0.1, 0.15) is 36.4 Å². The summed E-state index contributed by atoms with van der Waals surface area (Å²) in [5.74, 6) is 0.753. The maximum absolute atomic E-state index is 12.6. The summed E-state index contributed by atoms with van der Waals surface area (Å²) in [7, 11) is 0. The topological polar surface area (TPSA) is 29.3 Å². The third-order valence-electron chi connectivity index (χ3n) is 4.70. The molecule has 2 N–H and O–H groups in total. The number of piperidine rings is 1. The molecule has 0 amide bonds. The van der Waals surface area contributed by atoms with E-state index in [0.29, 0.717) is 12.6 Å². The zero-order valence-corrected chi connectivity index (χ0v) is 11.2. The minimum atomic E-state index is -4.27. The maximum atomic E-state index is 12.6. The fourth-order valence-electron chi connectivity index (χ4n) is 3.70. The minimum absolute atomic E-state index is 0.0487. The molecule has 1 aromatic carbocycles. The standard InChI is InChI=1S/C15H19F3N2/c16-15(17,18)12-4-2-11(3-5-12)14(8-19)20-9-10-1-6-13(20)7-10/h2-5,10,13-14H,1,6-9,19H2. The Balaban J connectivity index is 1.79. The normalized spacial score (nSPS) is 28.0. The molecule has 3 atom stereocenters. The predicted molar refractivity (Wildman–Crippen MR) is 71.1 cm³/mol. The van der Waals surface area contributed by atoms with Crippen molar-refractivity contribution in [1.29, 1.82) is 0 Å². The van der Waals surface area contributed by atoms with Gasteiger partial charge < -0.3 is 5.73 Å². The van der Waals surface area contributed by atoms with Gasteiger partial charge in [0.1, 0.15) is 0 Å². The first-order valence-electron chi connectivity index (χ1n) is 7.12. The van der Waals surface area contributed by atoms with E-state index >= 15 is 0 Å². The quantitative estimate of drug-likeness (QED) is 0.923.